The Kier molecular flexibility index (Phi) is 45.6. The summed E-state index contributed by atoms with van der Waals surface area (Å²) < 4.78 is 54.2. The molecule has 19 nitrogen and oxygen atoms in total. The van der Waals surface area contributed by atoms with Gasteiger partial charge in [-0.2, -0.15) is 0 Å². The van der Waals surface area contributed by atoms with Gasteiger partial charge in [0.15, 0.2) is 0 Å². The fourth-order valence-corrected chi connectivity index (χ4v) is 7.55. The van der Waals surface area contributed by atoms with Gasteiger partial charge in [0.2, 0.25) is 0 Å². The Morgan fingerprint density at radius 1 is 0.531 bits per heavy atom. The average Bonchev–Trinajstić information content (AvgIpc) is 2.86. The molecular formula is C22H40N2Na4O17P4. The zero-order valence-electron chi connectivity index (χ0n) is 27.7. The van der Waals surface area contributed by atoms with Crippen LogP contribution in [0.1, 0.15) is 25.7 Å². The smallest absolute Gasteiger partial charge is 0.809 e. The van der Waals surface area contributed by atoms with Crippen molar-refractivity contribution in [1.29, 1.82) is 0 Å². The van der Waals surface area contributed by atoms with E-state index in [1.165, 1.54) is 0 Å². The van der Waals surface area contributed by atoms with Crippen molar-refractivity contribution < 1.29 is 202 Å². The molecule has 49 heavy (non-hydrogen) atoms. The Labute approximate surface area is 373 Å². The van der Waals surface area contributed by atoms with Crippen molar-refractivity contribution in [3.05, 3.63) is 60.7 Å². The first-order valence-corrected chi connectivity index (χ1v) is 19.0. The summed E-state index contributed by atoms with van der Waals surface area (Å²) in [5.74, 6) is 1.39. The first-order chi connectivity index (χ1) is 19.4. The van der Waals surface area contributed by atoms with Crippen LogP contribution in [0.15, 0.2) is 60.7 Å². The predicted molar refractivity (Wildman–Crippen MR) is 156 cm³/mol. The van der Waals surface area contributed by atoms with Crippen molar-refractivity contribution in [2.24, 2.45) is 0 Å². The van der Waals surface area contributed by atoms with Crippen LogP contribution in [0.2, 0.25) is 0 Å². The molecule has 0 aliphatic rings. The van der Waals surface area contributed by atoms with E-state index < -0.39 is 41.4 Å². The van der Waals surface area contributed by atoms with Crippen LogP contribution in [0.4, 0.5) is 0 Å². The second kappa shape index (κ2) is 33.8. The van der Waals surface area contributed by atoms with Crippen molar-refractivity contribution in [2.45, 2.75) is 36.7 Å². The van der Waals surface area contributed by atoms with Gasteiger partial charge < -0.3 is 74.2 Å². The number of nitrogens with one attached hydrogen (secondary N) is 2. The van der Waals surface area contributed by atoms with Crippen LogP contribution in [0.5, 0.6) is 11.5 Å². The summed E-state index contributed by atoms with van der Waals surface area (Å²) in [6, 6.07) is 18.1. The summed E-state index contributed by atoms with van der Waals surface area (Å²) in [6.45, 7) is 0.724. The minimum atomic E-state index is -5.41. The molecule has 0 amide bonds. The Morgan fingerprint density at radius 3 is 1.02 bits per heavy atom. The third-order valence-electron chi connectivity index (χ3n) is 5.06. The normalized spacial score (nSPS) is 11.9. The van der Waals surface area contributed by atoms with E-state index in [1.807, 2.05) is 36.4 Å². The van der Waals surface area contributed by atoms with E-state index in [0.717, 1.165) is 0 Å². The van der Waals surface area contributed by atoms with E-state index in [9.17, 15) is 37.8 Å². The van der Waals surface area contributed by atoms with Gasteiger partial charge >= 0.3 is 133 Å². The van der Waals surface area contributed by atoms with Gasteiger partial charge in [-0.25, -0.2) is 0 Å². The van der Waals surface area contributed by atoms with E-state index in [2.05, 4.69) is 10.6 Å². The van der Waals surface area contributed by atoms with Gasteiger partial charge in [-0.1, -0.05) is 36.4 Å². The molecule has 2 rings (SSSR count). The molecule has 0 radical (unpaired) electrons. The van der Waals surface area contributed by atoms with Crippen LogP contribution in [0.3, 0.4) is 0 Å². The molecule has 0 heterocycles. The summed E-state index contributed by atoms with van der Waals surface area (Å²) in [5.41, 5.74) is -4.75. The molecule has 0 fully saturated rings. The fraction of sp³-hybridized carbons (Fsp3) is 0.455. The number of hydrogen-bond donors (Lipinski definition) is 6. The molecule has 0 bridgehead atoms. The molecule has 12 N–H and O–H groups in total. The molecule has 0 saturated heterocycles. The predicted octanol–water partition coefficient (Wildman–Crippen LogP) is -14.8. The third kappa shape index (κ3) is 32.4. The molecule has 2 unspecified atom stereocenters. The van der Waals surface area contributed by atoms with E-state index in [0.29, 0.717) is 50.4 Å². The van der Waals surface area contributed by atoms with Gasteiger partial charge in [-0.15, -0.1) is 0 Å². The summed E-state index contributed by atoms with van der Waals surface area (Å²) in [4.78, 5) is 78.4. The zero-order valence-corrected chi connectivity index (χ0v) is 39.3. The number of ether oxygens (including phenoxy) is 2. The summed E-state index contributed by atoms with van der Waals surface area (Å²) in [6.07, 6.45) is 1.89. The Balaban J connectivity index is -0.000000126. The van der Waals surface area contributed by atoms with Crippen molar-refractivity contribution >= 4 is 30.4 Å². The SMILES string of the molecule is O.O.O.O=P([O-])([O-])C(NCCCCOc1ccccc1)P(=O)(O)O.O=P([O-])([O-])C(NCCCCOc1ccccc1)P(=O)(O)O.[Na+].[Na+].[Na+].[Na+]. The number of rotatable bonds is 18. The van der Waals surface area contributed by atoms with Crippen molar-refractivity contribution in [1.82, 2.24) is 10.6 Å². The van der Waals surface area contributed by atoms with Crippen molar-refractivity contribution in [3.63, 3.8) is 0 Å². The molecular weight excluding hydrogens is 780 g/mol. The quantitative estimate of drug-likeness (QED) is 0.0462. The monoisotopic (exact) mass is 820 g/mol. The Bertz CT molecular complexity index is 1100. The maximum atomic E-state index is 10.9. The van der Waals surface area contributed by atoms with Gasteiger partial charge in [0, 0.05) is 0 Å². The molecule has 2 aromatic carbocycles. The molecule has 0 aliphatic heterocycles. The Morgan fingerprint density at radius 2 is 0.796 bits per heavy atom. The van der Waals surface area contributed by atoms with Gasteiger partial charge in [0.1, 0.15) is 22.5 Å². The standard InChI is InChI=1S/2C11H19NO7P2.4Na.3H2O/c2*13-20(14,15)11(21(16,17)18)12-8-4-5-9-19-10-6-2-1-3-7-10;;;;;;;/h2*1-3,6-7,11-12H,4-5,8-9H2,(H2,13,14,15)(H2,16,17,18);;;;;3*1H2/q;;4*+1;;;/p-4. The van der Waals surface area contributed by atoms with Crippen molar-refractivity contribution in [2.75, 3.05) is 26.3 Å². The molecule has 27 heteroatoms. The topological polar surface area (TPSA) is 378 Å². The van der Waals surface area contributed by atoms with Gasteiger partial charge in [0.25, 0.3) is 0 Å². The average molecular weight is 820 g/mol. The zero-order chi connectivity index (χ0) is 31.9. The van der Waals surface area contributed by atoms with E-state index >= 15 is 0 Å². The number of benzene rings is 2. The molecule has 0 aliphatic carbocycles. The number of para-hydroxylation sites is 2. The molecule has 264 valence electrons. The fourth-order valence-electron chi connectivity index (χ4n) is 3.16. The van der Waals surface area contributed by atoms with Gasteiger partial charge in [0.05, 0.1) is 13.2 Å². The second-order valence-electron chi connectivity index (χ2n) is 8.65. The van der Waals surface area contributed by atoms with Crippen LogP contribution >= 0.6 is 30.4 Å². The van der Waals surface area contributed by atoms with Crippen LogP contribution in [0.25, 0.3) is 0 Å². The largest absolute Gasteiger partial charge is 1.00 e. The minimum Gasteiger partial charge on any atom is -0.809 e. The molecule has 0 spiro atoms. The summed E-state index contributed by atoms with van der Waals surface area (Å²) in [7, 11) is -20.9. The second-order valence-corrected chi connectivity index (χ2v) is 16.0. The summed E-state index contributed by atoms with van der Waals surface area (Å²) in [5, 5.41) is 4.18. The maximum absolute atomic E-state index is 10.9. The van der Waals surface area contributed by atoms with Crippen LogP contribution in [-0.2, 0) is 18.3 Å². The first kappa shape index (κ1) is 66.3. The van der Waals surface area contributed by atoms with Crippen LogP contribution in [-0.4, -0.2) is 73.4 Å². The molecule has 0 aromatic heterocycles. The third-order valence-corrected chi connectivity index (χ3v) is 11.8. The van der Waals surface area contributed by atoms with E-state index in [-0.39, 0.29) is 148 Å². The van der Waals surface area contributed by atoms with Gasteiger partial charge in [-0.3, -0.25) is 19.8 Å². The summed E-state index contributed by atoms with van der Waals surface area (Å²) >= 11 is 0. The molecule has 2 aromatic rings. The van der Waals surface area contributed by atoms with E-state index in [4.69, 9.17) is 29.0 Å². The first-order valence-electron chi connectivity index (χ1n) is 12.4. The molecule has 0 saturated carbocycles. The minimum absolute atomic E-state index is 0. The van der Waals surface area contributed by atoms with E-state index in [1.54, 1.807) is 24.3 Å². The number of hydrogen-bond acceptors (Lipinski definition) is 12. The van der Waals surface area contributed by atoms with Gasteiger partial charge in [-0.05, 0) is 78.2 Å². The maximum Gasteiger partial charge on any atom is 1.00 e. The van der Waals surface area contributed by atoms with Crippen molar-refractivity contribution in [3.8, 4) is 11.5 Å². The molecule has 2 atom stereocenters. The van der Waals surface area contributed by atoms with Crippen LogP contribution < -0.4 is 158 Å². The number of unbranched alkanes of at least 4 members (excludes halogenated alkanes) is 2. The Hall–Kier alpha value is 2.44. The van der Waals surface area contributed by atoms with Crippen LogP contribution in [0, 0.1) is 0 Å².